The summed E-state index contributed by atoms with van der Waals surface area (Å²) in [7, 11) is 0. The second kappa shape index (κ2) is 14.6. The number of carbonyl (C=O) groups excluding carboxylic acids is 1. The molecular formula is C28H39NO9. The molecule has 0 amide bonds. The van der Waals surface area contributed by atoms with Gasteiger partial charge in [-0.1, -0.05) is 42.5 Å². The van der Waals surface area contributed by atoms with E-state index in [1.165, 1.54) is 12.8 Å². The molecule has 1 fully saturated rings. The van der Waals surface area contributed by atoms with E-state index in [1.54, 1.807) is 0 Å². The van der Waals surface area contributed by atoms with Gasteiger partial charge in [-0.25, -0.2) is 4.79 Å². The predicted molar refractivity (Wildman–Crippen MR) is 139 cm³/mol. The van der Waals surface area contributed by atoms with Crippen molar-refractivity contribution in [2.45, 2.75) is 82.5 Å². The minimum absolute atomic E-state index is 0.0682. The minimum Gasteiger partial charge on any atom is -0.481 e. The number of nitrogens with zero attached hydrogens (tertiary/aromatic N) is 1. The van der Waals surface area contributed by atoms with Gasteiger partial charge in [0.2, 0.25) is 0 Å². The molecule has 1 aromatic rings. The van der Waals surface area contributed by atoms with Gasteiger partial charge in [-0.15, -0.1) is 0 Å². The highest BCUT2D eigenvalue weighted by atomic mass is 16.5. The van der Waals surface area contributed by atoms with E-state index in [0.717, 1.165) is 37.9 Å². The van der Waals surface area contributed by atoms with E-state index in [9.17, 15) is 19.2 Å². The monoisotopic (exact) mass is 533 g/mol. The van der Waals surface area contributed by atoms with E-state index in [2.05, 4.69) is 36.1 Å². The standard InChI is InChI=1S/C22H31NO2.C6H8O7/c1-17(23-15-9-10-16-23)18(2)25-22(24)21(19-11-5-3-6-12-19)20-13-7-4-8-14-20;7-3(8)1-6(13,5(11)12)2-4(9)10/h3,5-7,11-13,17-18,20-21H,4,8-10,14-16H2,1-2H3;13H,1-2H2,(H,7,8)(H,9,10)(H,11,12). The first kappa shape index (κ1) is 31.0. The van der Waals surface area contributed by atoms with Crippen LogP contribution in [0.15, 0.2) is 42.5 Å². The number of hydrogen-bond donors (Lipinski definition) is 4. The van der Waals surface area contributed by atoms with Crippen LogP contribution in [-0.4, -0.2) is 80.0 Å². The van der Waals surface area contributed by atoms with Gasteiger partial charge >= 0.3 is 23.9 Å². The molecule has 0 radical (unpaired) electrons. The van der Waals surface area contributed by atoms with Gasteiger partial charge in [0, 0.05) is 6.04 Å². The summed E-state index contributed by atoms with van der Waals surface area (Å²) < 4.78 is 5.98. The van der Waals surface area contributed by atoms with Crippen molar-refractivity contribution >= 4 is 23.9 Å². The Morgan fingerprint density at radius 3 is 2.03 bits per heavy atom. The first-order valence-electron chi connectivity index (χ1n) is 13.0. The van der Waals surface area contributed by atoms with Crippen LogP contribution in [-0.2, 0) is 23.9 Å². The Bertz CT molecular complexity index is 956. The van der Waals surface area contributed by atoms with Crippen molar-refractivity contribution in [2.75, 3.05) is 13.1 Å². The van der Waals surface area contributed by atoms with Crippen LogP contribution in [0.1, 0.15) is 70.3 Å². The van der Waals surface area contributed by atoms with E-state index >= 15 is 0 Å². The lowest BCUT2D eigenvalue weighted by Gasteiger charge is -2.32. The zero-order valence-electron chi connectivity index (χ0n) is 22.0. The molecule has 38 heavy (non-hydrogen) atoms. The van der Waals surface area contributed by atoms with Crippen molar-refractivity contribution in [2.24, 2.45) is 5.92 Å². The number of hydrogen-bond acceptors (Lipinski definition) is 7. The lowest BCUT2D eigenvalue weighted by Crippen LogP contribution is -2.42. The number of aliphatic hydroxyl groups is 1. The third-order valence-electron chi connectivity index (χ3n) is 7.12. The van der Waals surface area contributed by atoms with Crippen molar-refractivity contribution in [3.63, 3.8) is 0 Å². The highest BCUT2D eigenvalue weighted by Gasteiger charge is 2.40. The van der Waals surface area contributed by atoms with E-state index in [4.69, 9.17) is 25.2 Å². The summed E-state index contributed by atoms with van der Waals surface area (Å²) >= 11 is 0. The van der Waals surface area contributed by atoms with Gasteiger partial charge in [0.1, 0.15) is 6.10 Å². The number of rotatable bonds is 11. The Balaban J connectivity index is 0.000000332. The molecule has 10 heteroatoms. The molecule has 2 aliphatic rings. The van der Waals surface area contributed by atoms with Crippen LogP contribution in [0.2, 0.25) is 0 Å². The Hall–Kier alpha value is -3.24. The summed E-state index contributed by atoms with van der Waals surface area (Å²) in [4.78, 5) is 46.0. The Labute approximate surface area is 222 Å². The molecule has 1 heterocycles. The number of allylic oxidation sites excluding steroid dienone is 2. The predicted octanol–water partition coefficient (Wildman–Crippen LogP) is 3.29. The average molecular weight is 534 g/mol. The average Bonchev–Trinajstić information content (AvgIpc) is 3.39. The van der Waals surface area contributed by atoms with Crippen LogP contribution in [0.25, 0.3) is 0 Å². The van der Waals surface area contributed by atoms with Gasteiger partial charge in [0.05, 0.1) is 18.8 Å². The van der Waals surface area contributed by atoms with Crippen LogP contribution in [0.3, 0.4) is 0 Å². The molecule has 0 saturated carbocycles. The summed E-state index contributed by atoms with van der Waals surface area (Å²) in [5, 5.41) is 33.8. The summed E-state index contributed by atoms with van der Waals surface area (Å²) in [6, 6.07) is 10.4. The number of ether oxygens (including phenoxy) is 1. The molecular weight excluding hydrogens is 494 g/mol. The molecule has 0 aromatic heterocycles. The Kier molecular flexibility index (Phi) is 11.9. The van der Waals surface area contributed by atoms with Crippen molar-refractivity contribution in [1.82, 2.24) is 4.90 Å². The van der Waals surface area contributed by atoms with Gasteiger partial charge in [0.25, 0.3) is 0 Å². The summed E-state index contributed by atoms with van der Waals surface area (Å²) in [6.45, 7) is 6.47. The Morgan fingerprint density at radius 1 is 0.974 bits per heavy atom. The lowest BCUT2D eigenvalue weighted by molar-refractivity contribution is -0.170. The summed E-state index contributed by atoms with van der Waals surface area (Å²) in [5.41, 5.74) is -1.66. The second-order valence-corrected chi connectivity index (χ2v) is 10.0. The largest absolute Gasteiger partial charge is 0.481 e. The SMILES string of the molecule is CC(OC(=O)C(c1ccccc1)C1C=CCCC1)C(C)N1CCCC1.O=C(O)CC(O)(CC(=O)O)C(=O)O. The van der Waals surface area contributed by atoms with Crippen LogP contribution >= 0.6 is 0 Å². The fraction of sp³-hybridized carbons (Fsp3) is 0.571. The molecule has 0 bridgehead atoms. The molecule has 4 unspecified atom stereocenters. The van der Waals surface area contributed by atoms with Crippen molar-refractivity contribution in [1.29, 1.82) is 0 Å². The maximum Gasteiger partial charge on any atom is 0.336 e. The van der Waals surface area contributed by atoms with Crippen molar-refractivity contribution in [3.8, 4) is 0 Å². The van der Waals surface area contributed by atoms with E-state index in [1.807, 2.05) is 25.1 Å². The minimum atomic E-state index is -2.74. The van der Waals surface area contributed by atoms with Gasteiger partial charge in [-0.2, -0.15) is 0 Å². The van der Waals surface area contributed by atoms with Crippen LogP contribution in [0, 0.1) is 5.92 Å². The van der Waals surface area contributed by atoms with Gasteiger partial charge < -0.3 is 25.2 Å². The van der Waals surface area contributed by atoms with Gasteiger partial charge in [-0.3, -0.25) is 19.3 Å². The molecule has 1 aliphatic heterocycles. The fourth-order valence-electron chi connectivity index (χ4n) is 4.85. The molecule has 4 atom stereocenters. The first-order chi connectivity index (χ1) is 17.9. The number of aliphatic carboxylic acids is 3. The topological polar surface area (TPSA) is 162 Å². The van der Waals surface area contributed by atoms with Crippen LogP contribution in [0.5, 0.6) is 0 Å². The molecule has 10 nitrogen and oxygen atoms in total. The quantitative estimate of drug-likeness (QED) is 0.245. The van der Waals surface area contributed by atoms with Crippen LogP contribution in [0.4, 0.5) is 0 Å². The number of benzene rings is 1. The van der Waals surface area contributed by atoms with Crippen molar-refractivity contribution < 1.29 is 44.3 Å². The third kappa shape index (κ3) is 9.25. The maximum absolute atomic E-state index is 13.1. The van der Waals surface area contributed by atoms with E-state index in [0.29, 0.717) is 0 Å². The van der Waals surface area contributed by atoms with Crippen LogP contribution < -0.4 is 0 Å². The van der Waals surface area contributed by atoms with Crippen molar-refractivity contribution in [3.05, 3.63) is 48.0 Å². The second-order valence-electron chi connectivity index (χ2n) is 10.0. The normalized spacial score (nSPS) is 19.9. The summed E-state index contributed by atoms with van der Waals surface area (Å²) in [5.74, 6) is -5.03. The number of esters is 1. The number of carboxylic acid groups (broad SMARTS) is 3. The molecule has 4 N–H and O–H groups in total. The molecule has 0 spiro atoms. The maximum atomic E-state index is 13.1. The smallest absolute Gasteiger partial charge is 0.336 e. The van der Waals surface area contributed by atoms with E-state index < -0.39 is 36.4 Å². The first-order valence-corrected chi connectivity index (χ1v) is 13.0. The number of likely N-dealkylation sites (tertiary alicyclic amines) is 1. The number of carboxylic acids is 3. The highest BCUT2D eigenvalue weighted by molar-refractivity contribution is 5.88. The molecule has 1 saturated heterocycles. The summed E-state index contributed by atoms with van der Waals surface area (Å²) in [6.07, 6.45) is 7.90. The zero-order chi connectivity index (χ0) is 28.3. The fourth-order valence-corrected chi connectivity index (χ4v) is 4.85. The lowest BCUT2D eigenvalue weighted by atomic mass is 9.80. The van der Waals surface area contributed by atoms with Gasteiger partial charge in [-0.05, 0) is 70.5 Å². The highest BCUT2D eigenvalue weighted by Crippen LogP contribution is 2.34. The van der Waals surface area contributed by atoms with E-state index in [-0.39, 0.29) is 30.0 Å². The zero-order valence-corrected chi connectivity index (χ0v) is 22.0. The molecule has 1 aromatic carbocycles. The Morgan fingerprint density at radius 2 is 1.55 bits per heavy atom. The molecule has 1 aliphatic carbocycles. The third-order valence-corrected chi connectivity index (χ3v) is 7.12. The molecule has 3 rings (SSSR count). The van der Waals surface area contributed by atoms with Gasteiger partial charge in [0.15, 0.2) is 5.60 Å². The number of carbonyl (C=O) groups is 4. The molecule has 210 valence electrons.